The number of amides is 1. The molecule has 1 aliphatic heterocycles. The fraction of sp³-hybridized carbons (Fsp3) is 0.565. The van der Waals surface area contributed by atoms with Crippen LogP contribution in [0.25, 0.3) is 0 Å². The third-order valence-electron chi connectivity index (χ3n) is 6.51. The van der Waals surface area contributed by atoms with Gasteiger partial charge in [0.25, 0.3) is 0 Å². The zero-order chi connectivity index (χ0) is 21.1. The summed E-state index contributed by atoms with van der Waals surface area (Å²) in [6.45, 7) is 3.25. The van der Waals surface area contributed by atoms with Gasteiger partial charge in [-0.3, -0.25) is 14.4 Å². The van der Waals surface area contributed by atoms with Crippen LogP contribution in [0.5, 0.6) is 5.75 Å². The van der Waals surface area contributed by atoms with Gasteiger partial charge in [-0.1, -0.05) is 12.1 Å². The van der Waals surface area contributed by atoms with E-state index >= 15 is 0 Å². The minimum Gasteiger partial charge on any atom is -0.497 e. The number of hydrogen-bond donors (Lipinski definition) is 0. The number of hydrogen-bond acceptors (Lipinski definition) is 5. The van der Waals surface area contributed by atoms with Gasteiger partial charge in [0.1, 0.15) is 12.4 Å². The van der Waals surface area contributed by atoms with Gasteiger partial charge in [-0.25, -0.2) is 0 Å². The molecule has 1 saturated carbocycles. The van der Waals surface area contributed by atoms with Crippen LogP contribution in [0.3, 0.4) is 0 Å². The monoisotopic (exact) mass is 412 g/mol. The molecule has 2 fully saturated rings. The van der Waals surface area contributed by atoms with Crippen molar-refractivity contribution in [2.75, 3.05) is 40.9 Å². The first-order valence-electron chi connectivity index (χ1n) is 10.7. The summed E-state index contributed by atoms with van der Waals surface area (Å²) in [6, 6.07) is 10.5. The molecule has 0 unspecified atom stereocenters. The highest BCUT2D eigenvalue weighted by molar-refractivity contribution is 5.76. The van der Waals surface area contributed by atoms with E-state index in [-0.39, 0.29) is 24.7 Å². The number of likely N-dealkylation sites (tertiary alicyclic amines) is 1. The number of fused-ring (bicyclic) bond motifs is 1. The third kappa shape index (κ3) is 4.68. The van der Waals surface area contributed by atoms with E-state index in [2.05, 4.69) is 22.1 Å². The predicted molar refractivity (Wildman–Crippen MR) is 114 cm³/mol. The van der Waals surface area contributed by atoms with E-state index in [0.717, 1.165) is 38.2 Å². The number of rotatable bonds is 7. The van der Waals surface area contributed by atoms with Crippen LogP contribution in [0.15, 0.2) is 42.7 Å². The number of ether oxygens (including phenoxy) is 2. The Bertz CT molecular complexity index is 821. The first kappa shape index (κ1) is 20.9. The molecule has 0 spiro atoms. The number of carbonyl (C=O) groups excluding carboxylic acids is 1. The number of aromatic nitrogens is 2. The molecule has 0 radical (unpaired) electrons. The molecule has 162 valence electrons. The average molecular weight is 413 g/mol. The van der Waals surface area contributed by atoms with Crippen LogP contribution in [0, 0.1) is 11.8 Å². The lowest BCUT2D eigenvalue weighted by molar-refractivity contribution is -0.138. The Morgan fingerprint density at radius 2 is 1.90 bits per heavy atom. The highest BCUT2D eigenvalue weighted by atomic mass is 16.5. The minimum absolute atomic E-state index is 0.00360. The maximum atomic E-state index is 12.1. The lowest BCUT2D eigenvalue weighted by atomic mass is 9.77. The second-order valence-corrected chi connectivity index (χ2v) is 8.72. The lowest BCUT2D eigenvalue weighted by Crippen LogP contribution is -2.40. The van der Waals surface area contributed by atoms with Crippen molar-refractivity contribution >= 4 is 5.91 Å². The molecular formula is C23H32N4O3. The van der Waals surface area contributed by atoms with Crippen LogP contribution in [-0.4, -0.2) is 72.5 Å². The first-order valence-corrected chi connectivity index (χ1v) is 10.7. The molecule has 30 heavy (non-hydrogen) atoms. The first-order chi connectivity index (χ1) is 14.5. The summed E-state index contributed by atoms with van der Waals surface area (Å²) in [7, 11) is 5.23. The van der Waals surface area contributed by atoms with Crippen LogP contribution in [-0.2, 0) is 16.1 Å². The molecule has 1 aliphatic carbocycles. The number of carbonyl (C=O) groups is 1. The molecule has 1 aromatic carbocycles. The Morgan fingerprint density at radius 3 is 2.53 bits per heavy atom. The molecule has 4 rings (SSSR count). The molecule has 7 nitrogen and oxygen atoms in total. The van der Waals surface area contributed by atoms with Gasteiger partial charge in [0.2, 0.25) is 5.91 Å². The molecule has 7 heteroatoms. The lowest BCUT2D eigenvalue weighted by Gasteiger charge is -2.38. The highest BCUT2D eigenvalue weighted by Gasteiger charge is 2.43. The van der Waals surface area contributed by atoms with Crippen molar-refractivity contribution in [1.29, 1.82) is 0 Å². The van der Waals surface area contributed by atoms with Gasteiger partial charge in [-0.05, 0) is 48.4 Å². The standard InChI is InChI=1S/C23H32N4O3/c1-25(2)23(28)16-30-22-12-19-15-26(13-17-5-7-20(29-3)8-6-17)14-18(19)11-21(22)27-10-4-9-24-27/h4-10,18-19,21-22H,11-16H2,1-3H3/t18-,19+,21-,22-/m0/s1. The molecule has 2 aromatic rings. The maximum Gasteiger partial charge on any atom is 0.248 e. The summed E-state index contributed by atoms with van der Waals surface area (Å²) >= 11 is 0. The van der Waals surface area contributed by atoms with E-state index in [1.54, 1.807) is 26.1 Å². The molecule has 1 amide bonds. The Hall–Kier alpha value is -2.38. The Balaban J connectivity index is 1.42. The summed E-state index contributed by atoms with van der Waals surface area (Å²) < 4.78 is 13.4. The molecule has 1 aromatic heterocycles. The van der Waals surface area contributed by atoms with Gasteiger partial charge < -0.3 is 14.4 Å². The van der Waals surface area contributed by atoms with Crippen molar-refractivity contribution < 1.29 is 14.3 Å². The fourth-order valence-corrected chi connectivity index (χ4v) is 4.85. The number of methoxy groups -OCH3 is 1. The van der Waals surface area contributed by atoms with E-state index in [9.17, 15) is 4.79 Å². The topological polar surface area (TPSA) is 59.8 Å². The van der Waals surface area contributed by atoms with E-state index in [1.165, 1.54) is 5.56 Å². The minimum atomic E-state index is 0.00360. The summed E-state index contributed by atoms with van der Waals surface area (Å²) in [5, 5.41) is 4.49. The van der Waals surface area contributed by atoms with Crippen molar-refractivity contribution in [2.24, 2.45) is 11.8 Å². The van der Waals surface area contributed by atoms with Crippen LogP contribution in [0.1, 0.15) is 24.4 Å². The van der Waals surface area contributed by atoms with Gasteiger partial charge in [0.05, 0.1) is 19.3 Å². The number of benzene rings is 1. The maximum absolute atomic E-state index is 12.1. The summed E-state index contributed by atoms with van der Waals surface area (Å²) in [4.78, 5) is 16.2. The number of nitrogens with zero attached hydrogens (tertiary/aromatic N) is 4. The summed E-state index contributed by atoms with van der Waals surface area (Å²) in [5.41, 5.74) is 1.31. The largest absolute Gasteiger partial charge is 0.497 e. The Labute approximate surface area is 178 Å². The van der Waals surface area contributed by atoms with E-state index in [0.29, 0.717) is 11.8 Å². The predicted octanol–water partition coefficient (Wildman–Crippen LogP) is 2.45. The molecule has 0 N–H and O–H groups in total. The van der Waals surface area contributed by atoms with Crippen LogP contribution in [0.2, 0.25) is 0 Å². The normalized spacial score (nSPS) is 26.4. The van der Waals surface area contributed by atoms with Gasteiger partial charge in [-0.15, -0.1) is 0 Å². The third-order valence-corrected chi connectivity index (χ3v) is 6.51. The van der Waals surface area contributed by atoms with Crippen molar-refractivity contribution in [2.45, 2.75) is 31.5 Å². The van der Waals surface area contributed by atoms with Crippen LogP contribution >= 0.6 is 0 Å². The van der Waals surface area contributed by atoms with E-state index in [4.69, 9.17) is 9.47 Å². The van der Waals surface area contributed by atoms with Crippen molar-refractivity contribution in [3.63, 3.8) is 0 Å². The second-order valence-electron chi connectivity index (χ2n) is 8.72. The number of likely N-dealkylation sites (N-methyl/N-ethyl adjacent to an activating group) is 1. The van der Waals surface area contributed by atoms with Gasteiger partial charge in [0.15, 0.2) is 0 Å². The Kier molecular flexibility index (Phi) is 6.39. The quantitative estimate of drug-likeness (QED) is 0.699. The van der Waals surface area contributed by atoms with Crippen LogP contribution in [0.4, 0.5) is 0 Å². The zero-order valence-electron chi connectivity index (χ0n) is 18.1. The van der Waals surface area contributed by atoms with Crippen molar-refractivity contribution in [1.82, 2.24) is 19.6 Å². The van der Waals surface area contributed by atoms with Gasteiger partial charge >= 0.3 is 0 Å². The molecular weight excluding hydrogens is 380 g/mol. The molecule has 0 bridgehead atoms. The van der Waals surface area contributed by atoms with Gasteiger partial charge in [-0.2, -0.15) is 5.10 Å². The molecule has 2 aliphatic rings. The summed E-state index contributed by atoms with van der Waals surface area (Å²) in [5.74, 6) is 2.11. The van der Waals surface area contributed by atoms with Crippen LogP contribution < -0.4 is 4.74 Å². The highest BCUT2D eigenvalue weighted by Crippen LogP contribution is 2.42. The van der Waals surface area contributed by atoms with E-state index < -0.39 is 0 Å². The van der Waals surface area contributed by atoms with Crippen molar-refractivity contribution in [3.8, 4) is 5.75 Å². The molecule has 1 saturated heterocycles. The smallest absolute Gasteiger partial charge is 0.248 e. The SMILES string of the molecule is COc1ccc(CN2C[C@H]3C[C@H](OCC(=O)N(C)C)[C@@H](n4cccn4)C[C@H]3C2)cc1. The zero-order valence-corrected chi connectivity index (χ0v) is 18.1. The van der Waals surface area contributed by atoms with E-state index in [1.807, 2.05) is 35.3 Å². The molecule has 2 heterocycles. The summed E-state index contributed by atoms with van der Waals surface area (Å²) in [6.07, 6.45) is 5.84. The molecule has 4 atom stereocenters. The Morgan fingerprint density at radius 1 is 1.17 bits per heavy atom. The van der Waals surface area contributed by atoms with Gasteiger partial charge in [0, 0.05) is 46.1 Å². The average Bonchev–Trinajstić information content (AvgIpc) is 3.41. The van der Waals surface area contributed by atoms with Crippen molar-refractivity contribution in [3.05, 3.63) is 48.3 Å². The second kappa shape index (κ2) is 9.18. The fourth-order valence-electron chi connectivity index (χ4n) is 4.85.